The molecule has 0 saturated carbocycles. The van der Waals surface area contributed by atoms with E-state index in [1.165, 1.54) is 7.11 Å². The Hall–Kier alpha value is -2.70. The summed E-state index contributed by atoms with van der Waals surface area (Å²) in [6, 6.07) is 7.82. The molecule has 0 fully saturated rings. The number of anilines is 2. The van der Waals surface area contributed by atoms with Crippen LogP contribution in [-0.2, 0) is 4.79 Å². The highest BCUT2D eigenvalue weighted by Crippen LogP contribution is 2.20. The zero-order valence-electron chi connectivity index (χ0n) is 12.5. The highest BCUT2D eigenvalue weighted by Gasteiger charge is 2.18. The Balaban J connectivity index is 2.03. The van der Waals surface area contributed by atoms with Crippen molar-refractivity contribution in [2.24, 2.45) is 0 Å². The molecule has 2 aromatic rings. The van der Waals surface area contributed by atoms with Gasteiger partial charge in [0.05, 0.1) is 12.8 Å². The first-order chi connectivity index (χ1) is 10.9. The van der Waals surface area contributed by atoms with Crippen LogP contribution in [0.5, 0.6) is 5.75 Å². The molecule has 122 valence electrons. The van der Waals surface area contributed by atoms with E-state index in [0.29, 0.717) is 11.4 Å². The fourth-order valence-electron chi connectivity index (χ4n) is 1.87. The van der Waals surface area contributed by atoms with Crippen LogP contribution in [0.25, 0.3) is 0 Å². The van der Waals surface area contributed by atoms with Gasteiger partial charge in [0.1, 0.15) is 11.8 Å². The molecule has 0 unspecified atom stereocenters. The summed E-state index contributed by atoms with van der Waals surface area (Å²) in [7, 11) is 1.54. The van der Waals surface area contributed by atoms with Gasteiger partial charge < -0.3 is 15.4 Å². The standard InChI is InChI=1S/C16H15F3N2O2/c1-9(20-10-3-5-11(23-2)6-4-10)16(22)21-13-8-7-12(17)14(18)15(13)19/h3-9,20H,1-2H3,(H,21,22)/t9-/m0/s1. The maximum absolute atomic E-state index is 13.5. The van der Waals surface area contributed by atoms with Gasteiger partial charge in [-0.1, -0.05) is 0 Å². The fraction of sp³-hybridized carbons (Fsp3) is 0.188. The molecule has 0 aliphatic heterocycles. The van der Waals surface area contributed by atoms with Crippen molar-refractivity contribution in [2.45, 2.75) is 13.0 Å². The maximum Gasteiger partial charge on any atom is 0.246 e. The van der Waals surface area contributed by atoms with E-state index in [0.717, 1.165) is 12.1 Å². The first-order valence-corrected chi connectivity index (χ1v) is 6.77. The summed E-state index contributed by atoms with van der Waals surface area (Å²) in [5.74, 6) is -4.30. The summed E-state index contributed by atoms with van der Waals surface area (Å²) in [5.41, 5.74) is 0.233. The third-order valence-electron chi connectivity index (χ3n) is 3.16. The molecule has 2 rings (SSSR count). The largest absolute Gasteiger partial charge is 0.497 e. The molecule has 0 heterocycles. The lowest BCUT2D eigenvalue weighted by atomic mass is 10.2. The fourth-order valence-corrected chi connectivity index (χ4v) is 1.87. The van der Waals surface area contributed by atoms with Gasteiger partial charge in [-0.25, -0.2) is 13.2 Å². The molecule has 2 N–H and O–H groups in total. The van der Waals surface area contributed by atoms with E-state index in [2.05, 4.69) is 10.6 Å². The van der Waals surface area contributed by atoms with Gasteiger partial charge in [0.25, 0.3) is 0 Å². The highest BCUT2D eigenvalue weighted by atomic mass is 19.2. The Morgan fingerprint density at radius 1 is 1.04 bits per heavy atom. The van der Waals surface area contributed by atoms with Crippen molar-refractivity contribution in [3.05, 3.63) is 53.8 Å². The molecule has 2 aromatic carbocycles. The van der Waals surface area contributed by atoms with Gasteiger partial charge in [-0.15, -0.1) is 0 Å². The van der Waals surface area contributed by atoms with Crippen LogP contribution in [0.3, 0.4) is 0 Å². The molecule has 0 bridgehead atoms. The number of ether oxygens (including phenoxy) is 1. The number of carbonyl (C=O) groups excluding carboxylic acids is 1. The highest BCUT2D eigenvalue weighted by molar-refractivity contribution is 5.96. The van der Waals surface area contributed by atoms with Crippen LogP contribution in [0.4, 0.5) is 24.5 Å². The molecule has 7 heteroatoms. The van der Waals surface area contributed by atoms with Gasteiger partial charge in [0, 0.05) is 5.69 Å². The number of hydrogen-bond acceptors (Lipinski definition) is 3. The second kappa shape index (κ2) is 7.04. The quantitative estimate of drug-likeness (QED) is 0.827. The number of rotatable bonds is 5. The maximum atomic E-state index is 13.5. The third kappa shape index (κ3) is 3.94. The lowest BCUT2D eigenvalue weighted by Crippen LogP contribution is -2.32. The smallest absolute Gasteiger partial charge is 0.246 e. The summed E-state index contributed by atoms with van der Waals surface area (Å²) < 4.78 is 44.5. The molecule has 0 saturated heterocycles. The van der Waals surface area contributed by atoms with Crippen LogP contribution in [0, 0.1) is 17.5 Å². The van der Waals surface area contributed by atoms with Crippen LogP contribution in [0.15, 0.2) is 36.4 Å². The van der Waals surface area contributed by atoms with Crippen molar-refractivity contribution in [3.63, 3.8) is 0 Å². The summed E-state index contributed by atoms with van der Waals surface area (Å²) in [5, 5.41) is 5.11. The van der Waals surface area contributed by atoms with Gasteiger partial charge >= 0.3 is 0 Å². The second-order valence-corrected chi connectivity index (χ2v) is 4.81. The van der Waals surface area contributed by atoms with E-state index >= 15 is 0 Å². The van der Waals surface area contributed by atoms with Gasteiger partial charge in [0.15, 0.2) is 17.5 Å². The molecule has 23 heavy (non-hydrogen) atoms. The van der Waals surface area contributed by atoms with Crippen molar-refractivity contribution in [3.8, 4) is 5.75 Å². The van der Waals surface area contributed by atoms with Crippen molar-refractivity contribution < 1.29 is 22.7 Å². The Morgan fingerprint density at radius 2 is 1.70 bits per heavy atom. The van der Waals surface area contributed by atoms with Gasteiger partial charge in [-0.05, 0) is 43.3 Å². The second-order valence-electron chi connectivity index (χ2n) is 4.81. The number of hydrogen-bond donors (Lipinski definition) is 2. The molecule has 1 amide bonds. The molecule has 0 aromatic heterocycles. The molecule has 0 radical (unpaired) electrons. The SMILES string of the molecule is COc1ccc(N[C@@H](C)C(=O)Nc2ccc(F)c(F)c2F)cc1. The topological polar surface area (TPSA) is 50.4 Å². The molecular weight excluding hydrogens is 309 g/mol. The lowest BCUT2D eigenvalue weighted by Gasteiger charge is -2.16. The number of halogens is 3. The number of nitrogens with one attached hydrogen (secondary N) is 2. The van der Waals surface area contributed by atoms with E-state index < -0.39 is 35.1 Å². The average molecular weight is 324 g/mol. The monoisotopic (exact) mass is 324 g/mol. The first kappa shape index (κ1) is 16.7. The lowest BCUT2D eigenvalue weighted by molar-refractivity contribution is -0.116. The summed E-state index contributed by atoms with van der Waals surface area (Å²) in [6.07, 6.45) is 0. The summed E-state index contributed by atoms with van der Waals surface area (Å²) in [6.45, 7) is 1.55. The minimum absolute atomic E-state index is 0.419. The van der Waals surface area contributed by atoms with Crippen molar-refractivity contribution in [1.82, 2.24) is 0 Å². The normalized spacial score (nSPS) is 11.7. The zero-order valence-corrected chi connectivity index (χ0v) is 12.5. The Bertz CT molecular complexity index is 705. The van der Waals surface area contributed by atoms with E-state index in [9.17, 15) is 18.0 Å². The average Bonchev–Trinajstić information content (AvgIpc) is 2.56. The van der Waals surface area contributed by atoms with Crippen LogP contribution in [-0.4, -0.2) is 19.1 Å². The van der Waals surface area contributed by atoms with Crippen LogP contribution < -0.4 is 15.4 Å². The van der Waals surface area contributed by atoms with E-state index in [1.807, 2.05) is 0 Å². The van der Waals surface area contributed by atoms with Crippen LogP contribution in [0.2, 0.25) is 0 Å². The molecular formula is C16H15F3N2O2. The zero-order chi connectivity index (χ0) is 17.0. The molecule has 0 spiro atoms. The van der Waals surface area contributed by atoms with Gasteiger partial charge in [0.2, 0.25) is 5.91 Å². The van der Waals surface area contributed by atoms with Crippen LogP contribution in [0.1, 0.15) is 6.92 Å². The van der Waals surface area contributed by atoms with Crippen LogP contribution >= 0.6 is 0 Å². The number of amides is 1. The van der Waals surface area contributed by atoms with Gasteiger partial charge in [-0.2, -0.15) is 0 Å². The number of carbonyl (C=O) groups is 1. The molecule has 0 aliphatic carbocycles. The molecule has 4 nitrogen and oxygen atoms in total. The first-order valence-electron chi connectivity index (χ1n) is 6.77. The minimum atomic E-state index is -1.63. The predicted molar refractivity (Wildman–Crippen MR) is 81.0 cm³/mol. The minimum Gasteiger partial charge on any atom is -0.497 e. The summed E-state index contributed by atoms with van der Waals surface area (Å²) in [4.78, 5) is 12.0. The van der Waals surface area contributed by atoms with E-state index in [-0.39, 0.29) is 0 Å². The summed E-state index contributed by atoms with van der Waals surface area (Å²) >= 11 is 0. The Labute approximate surface area is 131 Å². The van der Waals surface area contributed by atoms with E-state index in [4.69, 9.17) is 4.74 Å². The van der Waals surface area contributed by atoms with Crippen molar-refractivity contribution in [1.29, 1.82) is 0 Å². The molecule has 0 aliphatic rings. The third-order valence-corrected chi connectivity index (χ3v) is 3.16. The Kier molecular flexibility index (Phi) is 5.10. The molecule has 1 atom stereocenters. The van der Waals surface area contributed by atoms with Crippen molar-refractivity contribution in [2.75, 3.05) is 17.7 Å². The van der Waals surface area contributed by atoms with E-state index in [1.54, 1.807) is 31.2 Å². The number of benzene rings is 2. The van der Waals surface area contributed by atoms with Crippen molar-refractivity contribution >= 4 is 17.3 Å². The van der Waals surface area contributed by atoms with Gasteiger partial charge in [-0.3, -0.25) is 4.79 Å². The number of methoxy groups -OCH3 is 1. The predicted octanol–water partition coefficient (Wildman–Crippen LogP) is 3.55. The Morgan fingerprint density at radius 3 is 2.30 bits per heavy atom.